The number of fused-ring (bicyclic) bond motifs is 4. The lowest BCUT2D eigenvalue weighted by molar-refractivity contribution is 0.189. The number of nitrogens with zero attached hydrogens (tertiary/aromatic N) is 2. The number of aromatic nitrogens is 1. The molecule has 2 aliphatic rings. The topological polar surface area (TPSA) is 37.3 Å². The first kappa shape index (κ1) is 17.1. The average molecular weight is 371 g/mol. The van der Waals surface area contributed by atoms with Crippen LogP contribution in [0.15, 0.2) is 60.8 Å². The van der Waals surface area contributed by atoms with E-state index >= 15 is 0 Å². The molecule has 1 aliphatic carbocycles. The van der Waals surface area contributed by atoms with Gasteiger partial charge in [-0.25, -0.2) is 4.79 Å². The fourth-order valence-corrected chi connectivity index (χ4v) is 4.65. The van der Waals surface area contributed by atoms with Gasteiger partial charge in [-0.15, -0.1) is 0 Å². The van der Waals surface area contributed by atoms with Gasteiger partial charge >= 0.3 is 6.03 Å². The molecule has 0 spiro atoms. The van der Waals surface area contributed by atoms with E-state index in [1.54, 1.807) is 0 Å². The quantitative estimate of drug-likeness (QED) is 0.605. The maximum atomic E-state index is 13.4. The van der Waals surface area contributed by atoms with E-state index in [0.29, 0.717) is 6.54 Å². The van der Waals surface area contributed by atoms with Gasteiger partial charge < -0.3 is 14.8 Å². The van der Waals surface area contributed by atoms with Crippen molar-refractivity contribution < 1.29 is 4.79 Å². The number of carbonyl (C=O) groups is 1. The molecule has 2 heterocycles. The largest absolute Gasteiger partial charge is 0.322 e. The average Bonchev–Trinajstić information content (AvgIpc) is 3.18. The lowest BCUT2D eigenvalue weighted by atomic mass is 9.90. The summed E-state index contributed by atoms with van der Waals surface area (Å²) < 4.78 is 2.21. The third-order valence-corrected chi connectivity index (χ3v) is 6.17. The number of rotatable bonds is 1. The fourth-order valence-electron chi connectivity index (χ4n) is 4.65. The van der Waals surface area contributed by atoms with Crippen LogP contribution in [0.4, 0.5) is 10.5 Å². The summed E-state index contributed by atoms with van der Waals surface area (Å²) in [5, 5.41) is 3.23. The molecule has 5 rings (SSSR count). The molecule has 0 unspecified atom stereocenters. The monoisotopic (exact) mass is 371 g/mol. The van der Waals surface area contributed by atoms with Gasteiger partial charge in [0.05, 0.1) is 18.3 Å². The zero-order valence-electron chi connectivity index (χ0n) is 16.2. The highest BCUT2D eigenvalue weighted by atomic mass is 16.2. The first-order valence-corrected chi connectivity index (χ1v) is 10.2. The Labute approximate surface area is 165 Å². The van der Waals surface area contributed by atoms with Crippen molar-refractivity contribution in [3.63, 3.8) is 0 Å². The molecule has 0 saturated carbocycles. The number of nitrogens with one attached hydrogen (secondary N) is 1. The zero-order valence-corrected chi connectivity index (χ0v) is 16.2. The van der Waals surface area contributed by atoms with Crippen molar-refractivity contribution in [1.82, 2.24) is 9.47 Å². The molecule has 142 valence electrons. The van der Waals surface area contributed by atoms with E-state index in [-0.39, 0.29) is 12.1 Å². The SMILES string of the molecule is C[C@H]1c2cccn2-c2ccccc2CN1C(=O)Nc1cccc2c1CCCC2. The Hall–Kier alpha value is -3.01. The summed E-state index contributed by atoms with van der Waals surface area (Å²) in [6.45, 7) is 2.71. The van der Waals surface area contributed by atoms with Gasteiger partial charge in [0, 0.05) is 17.6 Å². The van der Waals surface area contributed by atoms with Crippen molar-refractivity contribution in [2.24, 2.45) is 0 Å². The minimum absolute atomic E-state index is 0.0121. The molecule has 2 amide bonds. The third-order valence-electron chi connectivity index (χ3n) is 6.17. The van der Waals surface area contributed by atoms with Gasteiger partial charge in [-0.05, 0) is 73.6 Å². The van der Waals surface area contributed by atoms with Crippen molar-refractivity contribution >= 4 is 11.7 Å². The molecule has 1 aromatic heterocycles. The Bertz CT molecular complexity index is 1040. The van der Waals surface area contributed by atoms with Gasteiger partial charge in [0.2, 0.25) is 0 Å². The van der Waals surface area contributed by atoms with Crippen molar-refractivity contribution in [2.45, 2.75) is 45.2 Å². The maximum absolute atomic E-state index is 13.4. The molecule has 0 saturated heterocycles. The standard InChI is InChI=1S/C24H25N3O/c1-17-22-14-7-15-26(22)23-13-5-3-9-19(23)16-27(17)24(28)25-21-12-6-10-18-8-2-4-11-20(18)21/h3,5-7,9-10,12-15,17H,2,4,8,11,16H2,1H3,(H,25,28)/t17-/m0/s1. The lowest BCUT2D eigenvalue weighted by Crippen LogP contribution is -2.36. The number of aryl methyl sites for hydroxylation is 1. The normalized spacial score (nSPS) is 17.9. The van der Waals surface area contributed by atoms with Crippen LogP contribution >= 0.6 is 0 Å². The number of amides is 2. The molecule has 4 nitrogen and oxygen atoms in total. The van der Waals surface area contributed by atoms with Gasteiger partial charge in [-0.3, -0.25) is 0 Å². The van der Waals surface area contributed by atoms with Crippen molar-refractivity contribution in [3.8, 4) is 5.69 Å². The van der Waals surface area contributed by atoms with Gasteiger partial charge in [-0.2, -0.15) is 0 Å². The van der Waals surface area contributed by atoms with Crippen LogP contribution in [0, 0.1) is 0 Å². The number of hydrogen-bond acceptors (Lipinski definition) is 1. The minimum Gasteiger partial charge on any atom is -0.318 e. The predicted octanol–water partition coefficient (Wildman–Crippen LogP) is 5.46. The van der Waals surface area contributed by atoms with Crippen LogP contribution in [0.2, 0.25) is 0 Å². The maximum Gasteiger partial charge on any atom is 0.322 e. The number of hydrogen-bond donors (Lipinski definition) is 1. The highest BCUT2D eigenvalue weighted by Gasteiger charge is 2.29. The van der Waals surface area contributed by atoms with Gasteiger partial charge in [0.1, 0.15) is 0 Å². The third kappa shape index (κ3) is 2.80. The van der Waals surface area contributed by atoms with E-state index in [0.717, 1.165) is 35.5 Å². The summed E-state index contributed by atoms with van der Waals surface area (Å²) in [6.07, 6.45) is 6.68. The van der Waals surface area contributed by atoms with Crippen LogP contribution in [-0.4, -0.2) is 15.5 Å². The van der Waals surface area contributed by atoms with Crippen molar-refractivity contribution in [3.05, 3.63) is 83.2 Å². The molecule has 1 aliphatic heterocycles. The summed E-state index contributed by atoms with van der Waals surface area (Å²) >= 11 is 0. The van der Waals surface area contributed by atoms with E-state index in [9.17, 15) is 4.79 Å². The van der Waals surface area contributed by atoms with Gasteiger partial charge in [0.25, 0.3) is 0 Å². The summed E-state index contributed by atoms with van der Waals surface area (Å²) in [5.74, 6) is 0. The Morgan fingerprint density at radius 2 is 1.79 bits per heavy atom. The van der Waals surface area contributed by atoms with Crippen LogP contribution in [0.1, 0.15) is 48.2 Å². The Kier molecular flexibility index (Phi) is 4.19. The second-order valence-electron chi connectivity index (χ2n) is 7.82. The smallest absolute Gasteiger partial charge is 0.318 e. The number of anilines is 1. The number of benzene rings is 2. The Morgan fingerprint density at radius 3 is 2.71 bits per heavy atom. The summed E-state index contributed by atoms with van der Waals surface area (Å²) in [6, 6.07) is 18.8. The Morgan fingerprint density at radius 1 is 0.964 bits per heavy atom. The summed E-state index contributed by atoms with van der Waals surface area (Å²) in [4.78, 5) is 15.3. The van der Waals surface area contributed by atoms with E-state index < -0.39 is 0 Å². The van der Waals surface area contributed by atoms with E-state index in [1.165, 1.54) is 24.0 Å². The van der Waals surface area contributed by atoms with Crippen LogP contribution < -0.4 is 5.32 Å². The van der Waals surface area contributed by atoms with E-state index in [2.05, 4.69) is 65.5 Å². The highest BCUT2D eigenvalue weighted by Crippen LogP contribution is 2.33. The Balaban J connectivity index is 1.49. The molecule has 1 N–H and O–H groups in total. The van der Waals surface area contributed by atoms with E-state index in [4.69, 9.17) is 0 Å². The van der Waals surface area contributed by atoms with Gasteiger partial charge in [0.15, 0.2) is 0 Å². The summed E-state index contributed by atoms with van der Waals surface area (Å²) in [5.41, 5.74) is 7.12. The van der Waals surface area contributed by atoms with E-state index in [1.807, 2.05) is 17.0 Å². The number of carbonyl (C=O) groups excluding carboxylic acids is 1. The molecule has 28 heavy (non-hydrogen) atoms. The predicted molar refractivity (Wildman–Crippen MR) is 112 cm³/mol. The van der Waals surface area contributed by atoms with Crippen LogP contribution in [0.3, 0.4) is 0 Å². The van der Waals surface area contributed by atoms with Crippen molar-refractivity contribution in [1.29, 1.82) is 0 Å². The number of urea groups is 1. The second kappa shape index (κ2) is 6.86. The first-order valence-electron chi connectivity index (χ1n) is 10.2. The molecular weight excluding hydrogens is 346 g/mol. The molecule has 4 heteroatoms. The molecular formula is C24H25N3O. The second-order valence-corrected chi connectivity index (χ2v) is 7.82. The van der Waals surface area contributed by atoms with Crippen LogP contribution in [0.25, 0.3) is 5.69 Å². The number of para-hydroxylation sites is 1. The molecule has 0 radical (unpaired) electrons. The lowest BCUT2D eigenvalue weighted by Gasteiger charge is -2.29. The van der Waals surface area contributed by atoms with Gasteiger partial charge in [-0.1, -0.05) is 30.3 Å². The molecule has 0 fully saturated rings. The van der Waals surface area contributed by atoms with Crippen LogP contribution in [0.5, 0.6) is 0 Å². The minimum atomic E-state index is -0.0315. The molecule has 0 bridgehead atoms. The summed E-state index contributed by atoms with van der Waals surface area (Å²) in [7, 11) is 0. The first-order chi connectivity index (χ1) is 13.7. The fraction of sp³-hybridized carbons (Fsp3) is 0.292. The van der Waals surface area contributed by atoms with Crippen LogP contribution in [-0.2, 0) is 19.4 Å². The molecule has 2 aromatic carbocycles. The molecule has 3 aromatic rings. The highest BCUT2D eigenvalue weighted by molar-refractivity contribution is 5.91. The van der Waals surface area contributed by atoms with Crippen molar-refractivity contribution in [2.75, 3.05) is 5.32 Å². The molecule has 1 atom stereocenters. The zero-order chi connectivity index (χ0) is 19.1.